The second-order valence-corrected chi connectivity index (χ2v) is 13.6. The number of nitrogens with zero attached hydrogens (tertiary/aromatic N) is 1. The molecule has 2 aliphatic rings. The van der Waals surface area contributed by atoms with E-state index >= 15 is 0 Å². The van der Waals surface area contributed by atoms with E-state index < -0.39 is 16.9 Å². The number of hydrogen-bond acceptors (Lipinski definition) is 6. The van der Waals surface area contributed by atoms with E-state index in [1.807, 2.05) is 65.0 Å². The third-order valence-electron chi connectivity index (χ3n) is 8.86. The molecule has 2 aromatic rings. The molecular formula is C29H41N3O4S. The van der Waals surface area contributed by atoms with E-state index in [0.717, 1.165) is 22.6 Å². The van der Waals surface area contributed by atoms with Crippen LogP contribution in [0.3, 0.4) is 0 Å². The van der Waals surface area contributed by atoms with Gasteiger partial charge in [-0.1, -0.05) is 65.0 Å². The van der Waals surface area contributed by atoms with Crippen LogP contribution in [0.15, 0.2) is 30.3 Å². The number of nitrogens with one attached hydrogen (secondary N) is 2. The van der Waals surface area contributed by atoms with Gasteiger partial charge in [0.1, 0.15) is 0 Å². The zero-order chi connectivity index (χ0) is 27.2. The van der Waals surface area contributed by atoms with Crippen molar-refractivity contribution in [2.24, 2.45) is 22.2 Å². The lowest BCUT2D eigenvalue weighted by atomic mass is 9.47. The maximum absolute atomic E-state index is 13.4. The highest BCUT2D eigenvalue weighted by Crippen LogP contribution is 2.62. The topological polar surface area (TPSA) is 112 Å². The summed E-state index contributed by atoms with van der Waals surface area (Å²) in [5, 5.41) is 28.1. The van der Waals surface area contributed by atoms with Gasteiger partial charge in [0.05, 0.1) is 24.4 Å². The summed E-state index contributed by atoms with van der Waals surface area (Å²) in [4.78, 5) is 32.0. The van der Waals surface area contributed by atoms with Crippen LogP contribution in [0.1, 0.15) is 88.9 Å². The second-order valence-electron chi connectivity index (χ2n) is 12.5. The smallest absolute Gasteiger partial charge is 0.231 e. The van der Waals surface area contributed by atoms with Crippen LogP contribution >= 0.6 is 11.3 Å². The van der Waals surface area contributed by atoms with E-state index in [-0.39, 0.29) is 48.1 Å². The average molecular weight is 528 g/mol. The molecule has 4 N–H and O–H groups in total. The highest BCUT2D eigenvalue weighted by molar-refractivity contribution is 7.15. The summed E-state index contributed by atoms with van der Waals surface area (Å²) in [6.45, 7) is 11.6. The largest absolute Gasteiger partial charge is 0.396 e. The molecule has 4 rings (SSSR count). The molecule has 0 spiro atoms. The van der Waals surface area contributed by atoms with Crippen molar-refractivity contribution in [2.75, 3.05) is 11.9 Å². The normalized spacial score (nSPS) is 30.1. The number of hydrogen-bond donors (Lipinski definition) is 4. The van der Waals surface area contributed by atoms with E-state index in [9.17, 15) is 19.8 Å². The average Bonchev–Trinajstić information content (AvgIpc) is 3.25. The molecule has 6 atom stereocenters. The minimum absolute atomic E-state index is 0.0304. The van der Waals surface area contributed by atoms with Gasteiger partial charge in [-0.15, -0.1) is 11.3 Å². The Balaban J connectivity index is 1.68. The first-order valence-electron chi connectivity index (χ1n) is 13.2. The molecule has 0 radical (unpaired) electrons. The first-order chi connectivity index (χ1) is 17.3. The molecule has 0 saturated heterocycles. The zero-order valence-electron chi connectivity index (χ0n) is 22.8. The quantitative estimate of drug-likeness (QED) is 0.431. The van der Waals surface area contributed by atoms with Crippen molar-refractivity contribution < 1.29 is 19.8 Å². The van der Waals surface area contributed by atoms with Crippen molar-refractivity contribution in [3.8, 4) is 0 Å². The summed E-state index contributed by atoms with van der Waals surface area (Å²) in [6, 6.07) is 9.75. The van der Waals surface area contributed by atoms with Gasteiger partial charge in [0.25, 0.3) is 0 Å². The maximum Gasteiger partial charge on any atom is 0.231 e. The summed E-state index contributed by atoms with van der Waals surface area (Å²) in [6.07, 6.45) is 1.60. The van der Waals surface area contributed by atoms with Crippen LogP contribution in [-0.2, 0) is 16.0 Å². The zero-order valence-corrected chi connectivity index (χ0v) is 23.6. The van der Waals surface area contributed by atoms with E-state index in [2.05, 4.69) is 17.6 Å². The van der Waals surface area contributed by atoms with Gasteiger partial charge in [-0.05, 0) is 43.1 Å². The molecule has 37 heavy (non-hydrogen) atoms. The summed E-state index contributed by atoms with van der Waals surface area (Å²) >= 11 is 1.45. The van der Waals surface area contributed by atoms with Crippen LogP contribution in [0.4, 0.5) is 5.13 Å². The number of thiazole rings is 1. The molecule has 1 saturated carbocycles. The minimum Gasteiger partial charge on any atom is -0.396 e. The van der Waals surface area contributed by atoms with Gasteiger partial charge in [0.15, 0.2) is 5.13 Å². The lowest BCUT2D eigenvalue weighted by molar-refractivity contribution is -0.144. The third kappa shape index (κ3) is 5.20. The minimum atomic E-state index is -0.685. The molecule has 7 nitrogen and oxygen atoms in total. The Labute approximate surface area is 224 Å². The Morgan fingerprint density at radius 2 is 1.89 bits per heavy atom. The molecule has 6 unspecified atom stereocenters. The first kappa shape index (κ1) is 27.7. The summed E-state index contributed by atoms with van der Waals surface area (Å²) in [5.74, 6) is -0.389. The molecule has 1 aromatic heterocycles. The Hall–Kier alpha value is -2.29. The molecule has 0 bridgehead atoms. The van der Waals surface area contributed by atoms with E-state index in [0.29, 0.717) is 18.0 Å². The monoisotopic (exact) mass is 527 g/mol. The van der Waals surface area contributed by atoms with Gasteiger partial charge >= 0.3 is 0 Å². The highest BCUT2D eigenvalue weighted by Gasteiger charge is 2.59. The number of aliphatic hydroxyl groups excluding tert-OH is 2. The van der Waals surface area contributed by atoms with Crippen LogP contribution in [0.2, 0.25) is 0 Å². The number of carbonyl (C=O) groups is 2. The summed E-state index contributed by atoms with van der Waals surface area (Å²) in [7, 11) is 0. The molecular weight excluding hydrogens is 486 g/mol. The SMILES string of the molecule is CC(NC(=O)CC1c2nc(NC(=O)C(C)(C)C)sc2CC2C(C)(CO)C(O)CCC12C)c1ccccc1. The Morgan fingerprint density at radius 1 is 1.22 bits per heavy atom. The van der Waals surface area contributed by atoms with Crippen LogP contribution in [-0.4, -0.2) is 39.7 Å². The van der Waals surface area contributed by atoms with Crippen molar-refractivity contribution in [2.45, 2.75) is 85.3 Å². The fourth-order valence-corrected chi connectivity index (χ4v) is 7.36. The molecule has 8 heteroatoms. The summed E-state index contributed by atoms with van der Waals surface area (Å²) < 4.78 is 0. The Kier molecular flexibility index (Phi) is 7.58. The number of fused-ring (bicyclic) bond motifs is 2. The van der Waals surface area contributed by atoms with Gasteiger partial charge in [0.2, 0.25) is 11.8 Å². The fraction of sp³-hybridized carbons (Fsp3) is 0.621. The molecule has 1 aromatic carbocycles. The number of aromatic nitrogens is 1. The maximum atomic E-state index is 13.4. The number of carbonyl (C=O) groups excluding carboxylic acids is 2. The predicted molar refractivity (Wildman–Crippen MR) is 146 cm³/mol. The van der Waals surface area contributed by atoms with Crippen LogP contribution in [0.5, 0.6) is 0 Å². The number of amides is 2. The van der Waals surface area contributed by atoms with Crippen molar-refractivity contribution in [1.29, 1.82) is 0 Å². The predicted octanol–water partition coefficient (Wildman–Crippen LogP) is 4.81. The van der Waals surface area contributed by atoms with Gasteiger partial charge in [-0.25, -0.2) is 4.98 Å². The molecule has 1 heterocycles. The molecule has 1 fully saturated rings. The fourth-order valence-electron chi connectivity index (χ4n) is 6.29. The number of benzene rings is 1. The van der Waals surface area contributed by atoms with Crippen molar-refractivity contribution >= 4 is 28.3 Å². The highest BCUT2D eigenvalue weighted by atomic mass is 32.1. The standard InChI is InChI=1S/C29H41N3O4S/c1-17(18-10-8-7-9-11-18)30-23(35)14-19-24-20(37-26(31-24)32-25(36)27(2,3)4)15-21-28(19,5)13-12-22(34)29(21,6)16-33/h7-11,17,19,21-22,33-34H,12-16H2,1-6H3,(H,30,35)(H,31,32,36). The van der Waals surface area contributed by atoms with Gasteiger partial charge in [-0.2, -0.15) is 0 Å². The van der Waals surface area contributed by atoms with E-state index in [1.54, 1.807) is 0 Å². The Morgan fingerprint density at radius 3 is 2.51 bits per heavy atom. The van der Waals surface area contributed by atoms with Crippen molar-refractivity contribution in [1.82, 2.24) is 10.3 Å². The van der Waals surface area contributed by atoms with E-state index in [1.165, 1.54) is 11.3 Å². The number of rotatable bonds is 6. The first-order valence-corrected chi connectivity index (χ1v) is 14.1. The van der Waals surface area contributed by atoms with Crippen LogP contribution in [0.25, 0.3) is 0 Å². The number of anilines is 1. The lowest BCUT2D eigenvalue weighted by Gasteiger charge is -2.58. The molecule has 2 aliphatic carbocycles. The van der Waals surface area contributed by atoms with Gasteiger partial charge in [0, 0.05) is 28.0 Å². The van der Waals surface area contributed by atoms with Crippen LogP contribution in [0, 0.1) is 22.2 Å². The number of aliphatic hydroxyl groups is 2. The Bertz CT molecular complexity index is 1140. The van der Waals surface area contributed by atoms with E-state index in [4.69, 9.17) is 4.98 Å². The molecule has 0 aliphatic heterocycles. The second kappa shape index (κ2) is 10.1. The molecule has 202 valence electrons. The molecule has 2 amide bonds. The lowest BCUT2D eigenvalue weighted by Crippen LogP contribution is -2.57. The third-order valence-corrected chi connectivity index (χ3v) is 9.87. The van der Waals surface area contributed by atoms with Crippen LogP contribution < -0.4 is 10.6 Å². The van der Waals surface area contributed by atoms with Gasteiger partial charge < -0.3 is 20.8 Å². The summed E-state index contributed by atoms with van der Waals surface area (Å²) in [5.41, 5.74) is 0.329. The van der Waals surface area contributed by atoms with Gasteiger partial charge in [-0.3, -0.25) is 9.59 Å². The van der Waals surface area contributed by atoms with Crippen molar-refractivity contribution in [3.63, 3.8) is 0 Å². The van der Waals surface area contributed by atoms with Crippen molar-refractivity contribution in [3.05, 3.63) is 46.5 Å².